The molecule has 0 N–H and O–H groups in total. The first-order valence-electron chi connectivity index (χ1n) is 3.81. The summed E-state index contributed by atoms with van der Waals surface area (Å²) in [6.07, 6.45) is 0. The van der Waals surface area contributed by atoms with Crippen molar-refractivity contribution in [1.82, 2.24) is 0 Å². The summed E-state index contributed by atoms with van der Waals surface area (Å²) in [6.45, 7) is 4.16. The first kappa shape index (κ1) is 9.67. The molecule has 0 saturated carbocycles. The monoisotopic (exact) mass is 200 g/mol. The van der Waals surface area contributed by atoms with Crippen molar-refractivity contribution in [2.45, 2.75) is 13.8 Å². The Kier molecular flexibility index (Phi) is 3.22. The van der Waals surface area contributed by atoms with E-state index in [-0.39, 0.29) is 0 Å². The van der Waals surface area contributed by atoms with Gasteiger partial charge in [-0.2, -0.15) is 0 Å². The third kappa shape index (κ3) is 1.84. The van der Waals surface area contributed by atoms with Crippen LogP contribution in [0, 0.1) is 13.8 Å². The molecular formula is C10H12CrO. The Morgan fingerprint density at radius 2 is 1.75 bits per heavy atom. The summed E-state index contributed by atoms with van der Waals surface area (Å²) in [5, 5.41) is 0. The maximum absolute atomic E-state index is 5.16. The predicted molar refractivity (Wildman–Crippen MR) is 47.0 cm³/mol. The van der Waals surface area contributed by atoms with Gasteiger partial charge in [0.25, 0.3) is 0 Å². The average Bonchev–Trinajstić information content (AvgIpc) is 2.03. The molecule has 0 aliphatic carbocycles. The fourth-order valence-corrected chi connectivity index (χ4v) is 1.74. The van der Waals surface area contributed by atoms with Crippen LogP contribution in [0.25, 0.3) is 0 Å². The second-order valence-electron chi connectivity index (χ2n) is 2.76. The van der Waals surface area contributed by atoms with Crippen LogP contribution in [0.4, 0.5) is 0 Å². The van der Waals surface area contributed by atoms with E-state index in [9.17, 15) is 0 Å². The molecule has 2 heteroatoms. The summed E-state index contributed by atoms with van der Waals surface area (Å²) >= 11 is 2.92. The molecule has 0 bridgehead atoms. The summed E-state index contributed by atoms with van der Waals surface area (Å²) in [5.74, 6) is 0. The Morgan fingerprint density at radius 1 is 1.25 bits per heavy atom. The van der Waals surface area contributed by atoms with Crippen LogP contribution in [0.1, 0.15) is 16.7 Å². The summed E-state index contributed by atoms with van der Waals surface area (Å²) < 4.78 is 6.03. The molecule has 1 rings (SSSR count). The number of methoxy groups -OCH3 is 1. The van der Waals surface area contributed by atoms with Gasteiger partial charge in [0.1, 0.15) is 0 Å². The normalized spacial score (nSPS) is 9.92. The van der Waals surface area contributed by atoms with Gasteiger partial charge >= 0.3 is 81.0 Å². The third-order valence-electron chi connectivity index (χ3n) is 1.87. The Morgan fingerprint density at radius 3 is 2.17 bits per heavy atom. The van der Waals surface area contributed by atoms with E-state index in [1.807, 2.05) is 0 Å². The molecule has 0 fully saturated rings. The van der Waals surface area contributed by atoms with Crippen molar-refractivity contribution < 1.29 is 20.6 Å². The van der Waals surface area contributed by atoms with Gasteiger partial charge in [-0.15, -0.1) is 0 Å². The molecule has 0 aliphatic heterocycles. The van der Waals surface area contributed by atoms with Gasteiger partial charge in [0.15, 0.2) is 0 Å². The van der Waals surface area contributed by atoms with Gasteiger partial charge in [0.05, 0.1) is 0 Å². The van der Waals surface area contributed by atoms with Crippen LogP contribution in [-0.2, 0) is 20.6 Å². The predicted octanol–water partition coefficient (Wildman–Crippen LogP) is 1.97. The molecule has 0 saturated heterocycles. The first-order chi connectivity index (χ1) is 5.66. The number of benzene rings is 1. The third-order valence-corrected chi connectivity index (χ3v) is 2.45. The summed E-state index contributed by atoms with van der Waals surface area (Å²) in [7, 11) is 1.68. The van der Waals surface area contributed by atoms with Gasteiger partial charge in [0, 0.05) is 0 Å². The van der Waals surface area contributed by atoms with Gasteiger partial charge < -0.3 is 0 Å². The van der Waals surface area contributed by atoms with Crippen LogP contribution in [0.3, 0.4) is 0 Å². The molecule has 1 nitrogen and oxygen atoms in total. The number of hydrogen-bond donors (Lipinski definition) is 0. The Hall–Kier alpha value is -0.418. The van der Waals surface area contributed by atoms with Crippen molar-refractivity contribution in [3.8, 4) is 0 Å². The minimum atomic E-state index is 0.866. The van der Waals surface area contributed by atoms with E-state index in [2.05, 4.69) is 47.9 Å². The van der Waals surface area contributed by atoms with E-state index >= 15 is 0 Å². The number of ether oxygens (including phenoxy) is 1. The van der Waals surface area contributed by atoms with Gasteiger partial charge in [0.2, 0.25) is 0 Å². The van der Waals surface area contributed by atoms with E-state index in [4.69, 9.17) is 4.74 Å². The Labute approximate surface area is 81.3 Å². The fourth-order valence-electron chi connectivity index (χ4n) is 1.24. The quantitative estimate of drug-likeness (QED) is 0.709. The van der Waals surface area contributed by atoms with Crippen LogP contribution in [-0.4, -0.2) is 11.7 Å². The van der Waals surface area contributed by atoms with Gasteiger partial charge in [-0.1, -0.05) is 0 Å². The van der Waals surface area contributed by atoms with Gasteiger partial charge in [-0.3, -0.25) is 0 Å². The van der Waals surface area contributed by atoms with Crippen molar-refractivity contribution in [1.29, 1.82) is 0 Å². The number of rotatable bonds is 2. The van der Waals surface area contributed by atoms with Crippen molar-refractivity contribution in [3.05, 3.63) is 34.9 Å². The first-order valence-corrected chi connectivity index (χ1v) is 4.45. The molecule has 0 aliphatic rings. The molecule has 1 aromatic carbocycles. The SMILES string of the molecule is CO[C](=[Cr])c1c(C)cccc1C. The maximum atomic E-state index is 5.16. The van der Waals surface area contributed by atoms with Crippen LogP contribution < -0.4 is 0 Å². The zero-order valence-corrected chi connectivity index (χ0v) is 8.82. The summed E-state index contributed by atoms with van der Waals surface area (Å²) in [6, 6.07) is 6.22. The molecular weight excluding hydrogens is 188 g/mol. The average molecular weight is 200 g/mol. The minimum absolute atomic E-state index is 0.866. The molecule has 64 valence electrons. The Bertz CT molecular complexity index is 284. The molecule has 12 heavy (non-hydrogen) atoms. The fraction of sp³-hybridized carbons (Fsp3) is 0.300. The Balaban J connectivity index is 3.21. The number of hydrogen-bond acceptors (Lipinski definition) is 1. The molecule has 0 aromatic heterocycles. The van der Waals surface area contributed by atoms with Crippen LogP contribution in [0.5, 0.6) is 0 Å². The van der Waals surface area contributed by atoms with Crippen molar-refractivity contribution >= 4 is 4.57 Å². The second-order valence-corrected chi connectivity index (χ2v) is 3.34. The second kappa shape index (κ2) is 4.00. The molecule has 1 aromatic rings. The zero-order chi connectivity index (χ0) is 9.14. The van der Waals surface area contributed by atoms with E-state index in [1.54, 1.807) is 7.11 Å². The van der Waals surface area contributed by atoms with E-state index in [0.29, 0.717) is 0 Å². The van der Waals surface area contributed by atoms with Crippen molar-refractivity contribution in [2.24, 2.45) is 0 Å². The topological polar surface area (TPSA) is 9.23 Å². The summed E-state index contributed by atoms with van der Waals surface area (Å²) in [4.78, 5) is 0. The van der Waals surface area contributed by atoms with E-state index in [0.717, 1.165) is 4.57 Å². The van der Waals surface area contributed by atoms with Crippen molar-refractivity contribution in [3.63, 3.8) is 0 Å². The molecule has 0 radical (unpaired) electrons. The molecule has 0 heterocycles. The van der Waals surface area contributed by atoms with Gasteiger partial charge in [-0.25, -0.2) is 0 Å². The van der Waals surface area contributed by atoms with E-state index in [1.165, 1.54) is 16.7 Å². The summed E-state index contributed by atoms with van der Waals surface area (Å²) in [5.41, 5.74) is 3.66. The molecule has 0 spiro atoms. The zero-order valence-electron chi connectivity index (χ0n) is 7.55. The van der Waals surface area contributed by atoms with Crippen molar-refractivity contribution in [2.75, 3.05) is 7.11 Å². The van der Waals surface area contributed by atoms with Gasteiger partial charge in [-0.05, 0) is 0 Å². The van der Waals surface area contributed by atoms with Crippen LogP contribution >= 0.6 is 0 Å². The van der Waals surface area contributed by atoms with Crippen LogP contribution in [0.2, 0.25) is 0 Å². The standard InChI is InChI=1S/C10H12O.Cr/c1-8-5-4-6-9(2)10(8)7-11-3;/h4-6H,1-3H3;. The number of aryl methyl sites for hydroxylation is 2. The molecule has 0 unspecified atom stereocenters. The van der Waals surface area contributed by atoms with E-state index < -0.39 is 0 Å². The molecule has 0 atom stereocenters. The molecule has 0 amide bonds. The van der Waals surface area contributed by atoms with Crippen LogP contribution in [0.15, 0.2) is 18.2 Å².